The van der Waals surface area contributed by atoms with E-state index >= 15 is 0 Å². The molecule has 1 heterocycles. The van der Waals surface area contributed by atoms with Crippen LogP contribution in [0.5, 0.6) is 5.75 Å². The quantitative estimate of drug-likeness (QED) is 0.746. The summed E-state index contributed by atoms with van der Waals surface area (Å²) < 4.78 is 10.7. The zero-order valence-electron chi connectivity index (χ0n) is 11.0. The van der Waals surface area contributed by atoms with Crippen LogP contribution in [0.4, 0.5) is 5.69 Å². The minimum absolute atomic E-state index is 0.145. The van der Waals surface area contributed by atoms with Crippen LogP contribution in [0.25, 0.3) is 11.4 Å². The van der Waals surface area contributed by atoms with Crippen molar-refractivity contribution in [3.8, 4) is 17.1 Å². The van der Waals surface area contributed by atoms with Gasteiger partial charge in [0.2, 0.25) is 5.82 Å². The maximum atomic E-state index is 6.09. The van der Waals surface area contributed by atoms with E-state index in [-0.39, 0.29) is 6.61 Å². The second-order valence-corrected chi connectivity index (χ2v) is 4.73. The molecule has 0 atom stereocenters. The van der Waals surface area contributed by atoms with Crippen LogP contribution in [-0.2, 0) is 6.61 Å². The third kappa shape index (κ3) is 2.98. The Morgan fingerprint density at radius 1 is 1.10 bits per heavy atom. The van der Waals surface area contributed by atoms with Crippen molar-refractivity contribution in [1.29, 1.82) is 0 Å². The summed E-state index contributed by atoms with van der Waals surface area (Å²) in [6, 6.07) is 14.5. The van der Waals surface area contributed by atoms with Crippen LogP contribution < -0.4 is 10.5 Å². The monoisotopic (exact) mass is 301 g/mol. The number of nitrogen functional groups attached to an aromatic ring is 1. The molecule has 0 fully saturated rings. The summed E-state index contributed by atoms with van der Waals surface area (Å²) >= 11 is 6.09. The molecule has 0 aliphatic heterocycles. The predicted octanol–water partition coefficient (Wildman–Crippen LogP) is 3.55. The van der Waals surface area contributed by atoms with Crippen LogP contribution in [0.1, 0.15) is 5.89 Å². The fraction of sp³-hybridized carbons (Fsp3) is 0.0667. The van der Waals surface area contributed by atoms with Crippen LogP contribution in [-0.4, -0.2) is 10.1 Å². The molecule has 106 valence electrons. The van der Waals surface area contributed by atoms with Crippen molar-refractivity contribution in [2.45, 2.75) is 6.61 Å². The Kier molecular flexibility index (Phi) is 3.75. The molecule has 0 unspecified atom stereocenters. The molecule has 5 nitrogen and oxygen atoms in total. The number of hydrogen-bond donors (Lipinski definition) is 1. The normalized spacial score (nSPS) is 10.5. The fourth-order valence-corrected chi connectivity index (χ4v) is 2.04. The Balaban J connectivity index is 1.74. The number of halogens is 1. The Labute approximate surface area is 126 Å². The molecular formula is C15H12ClN3O2. The SMILES string of the molecule is Nc1ccccc1OCc1nc(-c2ccccc2Cl)no1. The van der Waals surface area contributed by atoms with Gasteiger partial charge in [-0.2, -0.15) is 4.98 Å². The molecule has 0 amide bonds. The number of nitrogens with zero attached hydrogens (tertiary/aromatic N) is 2. The molecule has 3 rings (SSSR count). The number of para-hydroxylation sites is 2. The van der Waals surface area contributed by atoms with Crippen LogP contribution in [0.15, 0.2) is 53.1 Å². The second-order valence-electron chi connectivity index (χ2n) is 4.32. The topological polar surface area (TPSA) is 74.2 Å². The second kappa shape index (κ2) is 5.85. The highest BCUT2D eigenvalue weighted by Gasteiger charge is 2.12. The zero-order chi connectivity index (χ0) is 14.7. The Morgan fingerprint density at radius 2 is 1.86 bits per heavy atom. The first kappa shape index (κ1) is 13.5. The molecular weight excluding hydrogens is 290 g/mol. The van der Waals surface area contributed by atoms with E-state index in [9.17, 15) is 0 Å². The molecule has 21 heavy (non-hydrogen) atoms. The van der Waals surface area contributed by atoms with Gasteiger partial charge in [0.05, 0.1) is 10.7 Å². The lowest BCUT2D eigenvalue weighted by Crippen LogP contribution is -1.98. The summed E-state index contributed by atoms with van der Waals surface area (Å²) in [5.74, 6) is 1.36. The summed E-state index contributed by atoms with van der Waals surface area (Å²) in [6.45, 7) is 0.145. The number of hydrogen-bond acceptors (Lipinski definition) is 5. The van der Waals surface area contributed by atoms with Gasteiger partial charge in [0, 0.05) is 5.56 Å². The van der Waals surface area contributed by atoms with Crippen molar-refractivity contribution in [3.05, 3.63) is 59.4 Å². The van der Waals surface area contributed by atoms with Crippen molar-refractivity contribution < 1.29 is 9.26 Å². The van der Waals surface area contributed by atoms with Crippen molar-refractivity contribution in [2.24, 2.45) is 0 Å². The first-order valence-electron chi connectivity index (χ1n) is 6.29. The molecule has 0 saturated carbocycles. The van der Waals surface area contributed by atoms with Gasteiger partial charge in [-0.05, 0) is 24.3 Å². The largest absolute Gasteiger partial charge is 0.482 e. The summed E-state index contributed by atoms with van der Waals surface area (Å²) in [5.41, 5.74) is 7.07. The maximum absolute atomic E-state index is 6.09. The number of nitrogens with two attached hydrogens (primary N) is 1. The molecule has 3 aromatic rings. The first-order valence-corrected chi connectivity index (χ1v) is 6.66. The number of benzene rings is 2. The van der Waals surface area contributed by atoms with Crippen molar-refractivity contribution in [1.82, 2.24) is 10.1 Å². The van der Waals surface area contributed by atoms with Crippen molar-refractivity contribution >= 4 is 17.3 Å². The molecule has 6 heteroatoms. The van der Waals surface area contributed by atoms with E-state index in [1.807, 2.05) is 30.3 Å². The van der Waals surface area contributed by atoms with E-state index in [0.29, 0.717) is 33.7 Å². The summed E-state index contributed by atoms with van der Waals surface area (Å²) in [6.07, 6.45) is 0. The van der Waals surface area contributed by atoms with Crippen LogP contribution in [0.2, 0.25) is 5.02 Å². The highest BCUT2D eigenvalue weighted by Crippen LogP contribution is 2.25. The van der Waals surface area contributed by atoms with E-state index in [1.54, 1.807) is 18.2 Å². The minimum Gasteiger partial charge on any atom is -0.482 e. The number of anilines is 1. The average Bonchev–Trinajstić information content (AvgIpc) is 2.96. The molecule has 2 N–H and O–H groups in total. The molecule has 0 bridgehead atoms. The van der Waals surface area contributed by atoms with Gasteiger partial charge in [-0.1, -0.05) is 41.0 Å². The summed E-state index contributed by atoms with van der Waals surface area (Å²) in [7, 11) is 0. The molecule has 2 aromatic carbocycles. The van der Waals surface area contributed by atoms with Crippen LogP contribution in [0.3, 0.4) is 0 Å². The number of ether oxygens (including phenoxy) is 1. The van der Waals surface area contributed by atoms with E-state index in [0.717, 1.165) is 0 Å². The van der Waals surface area contributed by atoms with E-state index in [2.05, 4.69) is 10.1 Å². The van der Waals surface area contributed by atoms with Gasteiger partial charge in [0.15, 0.2) is 6.61 Å². The number of aromatic nitrogens is 2. The minimum atomic E-state index is 0.145. The van der Waals surface area contributed by atoms with Crippen molar-refractivity contribution in [3.63, 3.8) is 0 Å². The Morgan fingerprint density at radius 3 is 2.67 bits per heavy atom. The highest BCUT2D eigenvalue weighted by atomic mass is 35.5. The number of rotatable bonds is 4. The lowest BCUT2D eigenvalue weighted by atomic mass is 10.2. The maximum Gasteiger partial charge on any atom is 0.264 e. The standard InChI is InChI=1S/C15H12ClN3O2/c16-11-6-2-1-5-10(11)15-18-14(21-19-15)9-20-13-8-4-3-7-12(13)17/h1-8H,9,17H2. The van der Waals surface area contributed by atoms with E-state index < -0.39 is 0 Å². The van der Waals surface area contributed by atoms with Gasteiger partial charge < -0.3 is 15.0 Å². The smallest absolute Gasteiger partial charge is 0.264 e. The molecule has 0 spiro atoms. The fourth-order valence-electron chi connectivity index (χ4n) is 1.82. The van der Waals surface area contributed by atoms with Gasteiger partial charge >= 0.3 is 0 Å². The molecule has 0 saturated heterocycles. The molecule has 0 aliphatic rings. The Bertz CT molecular complexity index is 758. The molecule has 0 aliphatic carbocycles. The third-order valence-corrected chi connectivity index (χ3v) is 3.18. The van der Waals surface area contributed by atoms with Crippen molar-refractivity contribution in [2.75, 3.05) is 5.73 Å². The van der Waals surface area contributed by atoms with Gasteiger partial charge in [0.25, 0.3) is 5.89 Å². The van der Waals surface area contributed by atoms with Crippen LogP contribution in [0, 0.1) is 0 Å². The molecule has 0 radical (unpaired) electrons. The van der Waals surface area contributed by atoms with Gasteiger partial charge in [-0.15, -0.1) is 0 Å². The molecule has 1 aromatic heterocycles. The average molecular weight is 302 g/mol. The van der Waals surface area contributed by atoms with Gasteiger partial charge in [-0.25, -0.2) is 0 Å². The van der Waals surface area contributed by atoms with E-state index in [1.165, 1.54) is 0 Å². The van der Waals surface area contributed by atoms with Gasteiger partial charge in [0.1, 0.15) is 5.75 Å². The Hall–Kier alpha value is -2.53. The van der Waals surface area contributed by atoms with Gasteiger partial charge in [-0.3, -0.25) is 0 Å². The van der Waals surface area contributed by atoms with Crippen LogP contribution >= 0.6 is 11.6 Å². The highest BCUT2D eigenvalue weighted by molar-refractivity contribution is 6.33. The zero-order valence-corrected chi connectivity index (χ0v) is 11.7. The summed E-state index contributed by atoms with van der Waals surface area (Å²) in [4.78, 5) is 4.26. The lowest BCUT2D eigenvalue weighted by molar-refractivity contribution is 0.244. The lowest BCUT2D eigenvalue weighted by Gasteiger charge is -2.05. The third-order valence-electron chi connectivity index (χ3n) is 2.85. The first-order chi connectivity index (χ1) is 10.2. The summed E-state index contributed by atoms with van der Waals surface area (Å²) in [5, 5.41) is 4.47. The predicted molar refractivity (Wildman–Crippen MR) is 79.9 cm³/mol. The van der Waals surface area contributed by atoms with E-state index in [4.69, 9.17) is 26.6 Å².